The van der Waals surface area contributed by atoms with Crippen molar-refractivity contribution in [2.24, 2.45) is 5.92 Å². The molecule has 0 radical (unpaired) electrons. The minimum absolute atomic E-state index is 0.0844. The fourth-order valence-corrected chi connectivity index (χ4v) is 5.55. The SMILES string of the molecule is Cc1ccc(NC(=O)N2CC[C@@H](CC(F)(F)F)C2)cc1-c1cc(N2CCOCC2)nc(N[C@@H]2CC[C@H](O)C2)n1. The van der Waals surface area contributed by atoms with E-state index in [1.807, 2.05) is 25.1 Å². The highest BCUT2D eigenvalue weighted by atomic mass is 19.4. The summed E-state index contributed by atoms with van der Waals surface area (Å²) in [5.74, 6) is 0.677. The van der Waals surface area contributed by atoms with Gasteiger partial charge in [0, 0.05) is 56.0 Å². The number of halogens is 3. The molecular weight excluding hydrogens is 513 g/mol. The number of aromatic nitrogens is 2. The number of rotatable bonds is 6. The third-order valence-corrected chi connectivity index (χ3v) is 7.64. The Kier molecular flexibility index (Phi) is 8.13. The zero-order chi connectivity index (χ0) is 27.6. The van der Waals surface area contributed by atoms with Crippen LogP contribution in [0.4, 0.5) is 35.4 Å². The number of anilines is 3. The van der Waals surface area contributed by atoms with E-state index in [0.717, 1.165) is 29.8 Å². The highest BCUT2D eigenvalue weighted by Gasteiger charge is 2.36. The molecule has 1 saturated carbocycles. The Bertz CT molecular complexity index is 1170. The number of amides is 2. The molecule has 3 heterocycles. The smallest absolute Gasteiger partial charge is 0.389 e. The van der Waals surface area contributed by atoms with Gasteiger partial charge in [-0.3, -0.25) is 0 Å². The average Bonchev–Trinajstić information content (AvgIpc) is 3.53. The van der Waals surface area contributed by atoms with Crippen molar-refractivity contribution in [2.75, 3.05) is 54.9 Å². The fraction of sp³-hybridized carbons (Fsp3) is 0.593. The maximum absolute atomic E-state index is 12.9. The van der Waals surface area contributed by atoms with Gasteiger partial charge in [-0.1, -0.05) is 6.07 Å². The van der Waals surface area contributed by atoms with Gasteiger partial charge in [0.05, 0.1) is 25.0 Å². The summed E-state index contributed by atoms with van der Waals surface area (Å²) in [6, 6.07) is 7.11. The summed E-state index contributed by atoms with van der Waals surface area (Å²) in [6.07, 6.45) is -2.88. The number of aliphatic hydroxyl groups excluding tert-OH is 1. The van der Waals surface area contributed by atoms with Gasteiger partial charge in [-0.25, -0.2) is 9.78 Å². The summed E-state index contributed by atoms with van der Waals surface area (Å²) >= 11 is 0. The van der Waals surface area contributed by atoms with E-state index < -0.39 is 24.5 Å². The van der Waals surface area contributed by atoms with Gasteiger partial charge in [0.1, 0.15) is 5.82 Å². The van der Waals surface area contributed by atoms with Crippen LogP contribution < -0.4 is 15.5 Å². The Hall–Kier alpha value is -3.12. The van der Waals surface area contributed by atoms with Gasteiger partial charge in [0.25, 0.3) is 0 Å². The van der Waals surface area contributed by atoms with Crippen molar-refractivity contribution in [3.63, 3.8) is 0 Å². The van der Waals surface area contributed by atoms with Gasteiger partial charge < -0.3 is 30.3 Å². The lowest BCUT2D eigenvalue weighted by molar-refractivity contribution is -0.143. The van der Waals surface area contributed by atoms with Crippen LogP contribution >= 0.6 is 0 Å². The molecule has 0 spiro atoms. The second kappa shape index (κ2) is 11.5. The maximum Gasteiger partial charge on any atom is 0.389 e. The molecule has 3 aliphatic rings. The molecule has 3 atom stereocenters. The van der Waals surface area contributed by atoms with E-state index in [0.29, 0.717) is 63.0 Å². The lowest BCUT2D eigenvalue weighted by Crippen LogP contribution is -2.37. The van der Waals surface area contributed by atoms with E-state index in [1.54, 1.807) is 6.07 Å². The van der Waals surface area contributed by atoms with E-state index in [4.69, 9.17) is 14.7 Å². The molecule has 1 aromatic carbocycles. The van der Waals surface area contributed by atoms with E-state index in [-0.39, 0.29) is 18.7 Å². The van der Waals surface area contributed by atoms with Crippen molar-refractivity contribution in [2.45, 2.75) is 57.3 Å². The minimum atomic E-state index is -4.23. The van der Waals surface area contributed by atoms with Crippen LogP contribution in [0.5, 0.6) is 0 Å². The van der Waals surface area contributed by atoms with Crippen LogP contribution in [-0.4, -0.2) is 83.7 Å². The Labute approximate surface area is 225 Å². The van der Waals surface area contributed by atoms with Crippen molar-refractivity contribution in [3.05, 3.63) is 29.8 Å². The monoisotopic (exact) mass is 548 g/mol. The molecule has 3 N–H and O–H groups in total. The third kappa shape index (κ3) is 7.10. The van der Waals surface area contributed by atoms with Gasteiger partial charge >= 0.3 is 12.2 Å². The molecule has 12 heteroatoms. The molecule has 2 aromatic rings. The number of hydrogen-bond acceptors (Lipinski definition) is 7. The number of likely N-dealkylation sites (tertiary alicyclic amines) is 1. The van der Waals surface area contributed by atoms with E-state index >= 15 is 0 Å². The number of aliphatic hydroxyl groups is 1. The first-order chi connectivity index (χ1) is 18.6. The summed E-state index contributed by atoms with van der Waals surface area (Å²) in [7, 11) is 0. The van der Waals surface area contributed by atoms with Gasteiger partial charge in [0.15, 0.2) is 0 Å². The van der Waals surface area contributed by atoms with Crippen LogP contribution in [0.25, 0.3) is 11.3 Å². The average molecular weight is 549 g/mol. The van der Waals surface area contributed by atoms with Crippen molar-refractivity contribution < 1.29 is 27.8 Å². The highest BCUT2D eigenvalue weighted by molar-refractivity contribution is 5.90. The van der Waals surface area contributed by atoms with Crippen LogP contribution in [-0.2, 0) is 4.74 Å². The molecule has 1 aromatic heterocycles. The highest BCUT2D eigenvalue weighted by Crippen LogP contribution is 2.32. The molecule has 5 rings (SSSR count). The first-order valence-corrected chi connectivity index (χ1v) is 13.5. The molecule has 2 aliphatic heterocycles. The Morgan fingerprint density at radius 3 is 2.64 bits per heavy atom. The number of carbonyl (C=O) groups is 1. The fourth-order valence-electron chi connectivity index (χ4n) is 5.55. The number of morpholine rings is 1. The zero-order valence-corrected chi connectivity index (χ0v) is 22.0. The van der Waals surface area contributed by atoms with Crippen molar-refractivity contribution in [1.29, 1.82) is 0 Å². The largest absolute Gasteiger partial charge is 0.393 e. The number of carbonyl (C=O) groups excluding carboxylic acids is 1. The van der Waals surface area contributed by atoms with Gasteiger partial charge in [0.2, 0.25) is 5.95 Å². The summed E-state index contributed by atoms with van der Waals surface area (Å²) in [5, 5.41) is 16.2. The van der Waals surface area contributed by atoms with Crippen LogP contribution in [0.1, 0.15) is 37.7 Å². The Balaban J connectivity index is 1.36. The first kappa shape index (κ1) is 27.4. The zero-order valence-electron chi connectivity index (χ0n) is 22.0. The lowest BCUT2D eigenvalue weighted by atomic mass is 10.0. The Morgan fingerprint density at radius 2 is 1.92 bits per heavy atom. The van der Waals surface area contributed by atoms with Crippen LogP contribution in [0.15, 0.2) is 24.3 Å². The number of nitrogens with zero attached hydrogens (tertiary/aromatic N) is 4. The summed E-state index contributed by atoms with van der Waals surface area (Å²) < 4.78 is 43.8. The van der Waals surface area contributed by atoms with E-state index in [1.165, 1.54) is 4.90 Å². The quantitative estimate of drug-likeness (QED) is 0.491. The van der Waals surface area contributed by atoms with E-state index in [2.05, 4.69) is 15.5 Å². The predicted molar refractivity (Wildman–Crippen MR) is 142 cm³/mol. The number of aryl methyl sites for hydroxylation is 1. The first-order valence-electron chi connectivity index (χ1n) is 13.5. The van der Waals surface area contributed by atoms with Crippen LogP contribution in [0.3, 0.4) is 0 Å². The molecule has 212 valence electrons. The standard InChI is InChI=1S/C27H35F3N6O3/c1-17-2-3-20(32-26(38)36-7-6-18(16-36)15-27(28,29)30)13-22(17)23-14-24(35-8-10-39-11-9-35)34-25(33-23)31-19-4-5-21(37)12-19/h2-3,13-14,18-19,21,37H,4-12,15-16H2,1H3,(H,32,38)(H,31,33,34)/t18-,19+,21-/m0/s1. The van der Waals surface area contributed by atoms with Crippen LogP contribution in [0, 0.1) is 12.8 Å². The molecule has 0 unspecified atom stereocenters. The minimum Gasteiger partial charge on any atom is -0.393 e. The summed E-state index contributed by atoms with van der Waals surface area (Å²) in [5.41, 5.74) is 3.00. The number of hydrogen-bond donors (Lipinski definition) is 3. The van der Waals surface area contributed by atoms with E-state index in [9.17, 15) is 23.1 Å². The molecule has 9 nitrogen and oxygen atoms in total. The topological polar surface area (TPSA) is 103 Å². The normalized spacial score (nSPS) is 23.8. The van der Waals surface area contributed by atoms with Crippen molar-refractivity contribution in [1.82, 2.24) is 14.9 Å². The molecule has 1 aliphatic carbocycles. The Morgan fingerprint density at radius 1 is 1.13 bits per heavy atom. The molecule has 2 saturated heterocycles. The molecule has 3 fully saturated rings. The number of benzene rings is 1. The maximum atomic E-state index is 12.9. The number of urea groups is 1. The van der Waals surface area contributed by atoms with Crippen molar-refractivity contribution in [3.8, 4) is 11.3 Å². The lowest BCUT2D eigenvalue weighted by Gasteiger charge is -2.28. The number of alkyl halides is 3. The second-order valence-electron chi connectivity index (χ2n) is 10.7. The number of nitrogens with one attached hydrogen (secondary N) is 2. The molecule has 0 bridgehead atoms. The molecule has 2 amide bonds. The number of ether oxygens (including phenoxy) is 1. The summed E-state index contributed by atoms with van der Waals surface area (Å²) in [4.78, 5) is 26.0. The third-order valence-electron chi connectivity index (χ3n) is 7.64. The van der Waals surface area contributed by atoms with Gasteiger partial charge in [-0.05, 0) is 56.2 Å². The van der Waals surface area contributed by atoms with Gasteiger partial charge in [-0.2, -0.15) is 18.2 Å². The van der Waals surface area contributed by atoms with Gasteiger partial charge in [-0.15, -0.1) is 0 Å². The predicted octanol–water partition coefficient (Wildman–Crippen LogP) is 4.42. The second-order valence-corrected chi connectivity index (χ2v) is 10.7. The summed E-state index contributed by atoms with van der Waals surface area (Å²) in [6.45, 7) is 4.97. The van der Waals surface area contributed by atoms with Crippen LogP contribution in [0.2, 0.25) is 0 Å². The molecule has 39 heavy (non-hydrogen) atoms. The van der Waals surface area contributed by atoms with Crippen molar-refractivity contribution >= 4 is 23.5 Å². The molecular formula is C27H35F3N6O3.